The summed E-state index contributed by atoms with van der Waals surface area (Å²) in [4.78, 5) is 13.4. The van der Waals surface area contributed by atoms with Gasteiger partial charge in [-0.25, -0.2) is 0 Å². The SMILES string of the molecule is CNC1(C(=O)O)CCC(Oc2cccc(N(C)C)c2)C1. The maximum Gasteiger partial charge on any atom is 0.324 e. The van der Waals surface area contributed by atoms with Gasteiger partial charge >= 0.3 is 5.97 Å². The lowest BCUT2D eigenvalue weighted by Gasteiger charge is -2.23. The minimum absolute atomic E-state index is 0.0593. The number of hydrogen-bond donors (Lipinski definition) is 2. The largest absolute Gasteiger partial charge is 0.490 e. The van der Waals surface area contributed by atoms with E-state index in [2.05, 4.69) is 5.32 Å². The van der Waals surface area contributed by atoms with Gasteiger partial charge in [-0.05, 0) is 32.0 Å². The number of hydrogen-bond acceptors (Lipinski definition) is 4. The Morgan fingerprint density at radius 2 is 2.25 bits per heavy atom. The first-order valence-electron chi connectivity index (χ1n) is 6.83. The average molecular weight is 278 g/mol. The quantitative estimate of drug-likeness (QED) is 0.859. The Labute approximate surface area is 119 Å². The molecule has 2 atom stereocenters. The summed E-state index contributed by atoms with van der Waals surface area (Å²) in [6.45, 7) is 0. The second kappa shape index (κ2) is 5.71. The summed E-state index contributed by atoms with van der Waals surface area (Å²) >= 11 is 0. The van der Waals surface area contributed by atoms with Crippen LogP contribution >= 0.6 is 0 Å². The molecule has 1 aromatic rings. The van der Waals surface area contributed by atoms with Crippen LogP contribution in [0.5, 0.6) is 5.75 Å². The van der Waals surface area contributed by atoms with E-state index in [1.807, 2.05) is 43.3 Å². The maximum absolute atomic E-state index is 11.4. The zero-order valence-electron chi connectivity index (χ0n) is 12.2. The van der Waals surface area contributed by atoms with Crippen molar-refractivity contribution >= 4 is 11.7 Å². The van der Waals surface area contributed by atoms with E-state index >= 15 is 0 Å². The second-order valence-electron chi connectivity index (χ2n) is 5.51. The van der Waals surface area contributed by atoms with Gasteiger partial charge in [0.25, 0.3) is 0 Å². The van der Waals surface area contributed by atoms with Crippen molar-refractivity contribution in [2.24, 2.45) is 0 Å². The van der Waals surface area contributed by atoms with Gasteiger partial charge < -0.3 is 20.1 Å². The molecule has 20 heavy (non-hydrogen) atoms. The molecule has 1 aliphatic rings. The predicted molar refractivity (Wildman–Crippen MR) is 78.5 cm³/mol. The van der Waals surface area contributed by atoms with Crippen LogP contribution in [0, 0.1) is 0 Å². The number of carboxylic acid groups (broad SMARTS) is 1. The van der Waals surface area contributed by atoms with E-state index in [0.29, 0.717) is 12.8 Å². The molecule has 2 rings (SSSR count). The molecule has 0 aromatic heterocycles. The van der Waals surface area contributed by atoms with Gasteiger partial charge in [0.1, 0.15) is 17.4 Å². The fraction of sp³-hybridized carbons (Fsp3) is 0.533. The van der Waals surface area contributed by atoms with Crippen molar-refractivity contribution in [2.45, 2.75) is 30.9 Å². The number of likely N-dealkylation sites (N-methyl/N-ethyl adjacent to an activating group) is 1. The summed E-state index contributed by atoms with van der Waals surface area (Å²) in [5.74, 6) is -0.00775. The molecule has 5 nitrogen and oxygen atoms in total. The molecule has 2 N–H and O–H groups in total. The Balaban J connectivity index is 2.05. The molecule has 2 unspecified atom stereocenters. The van der Waals surface area contributed by atoms with E-state index in [1.165, 1.54) is 0 Å². The van der Waals surface area contributed by atoms with E-state index in [-0.39, 0.29) is 6.10 Å². The Morgan fingerprint density at radius 3 is 2.80 bits per heavy atom. The smallest absolute Gasteiger partial charge is 0.324 e. The summed E-state index contributed by atoms with van der Waals surface area (Å²) in [5.41, 5.74) is 0.225. The van der Waals surface area contributed by atoms with Gasteiger partial charge in [-0.2, -0.15) is 0 Å². The highest BCUT2D eigenvalue weighted by Crippen LogP contribution is 2.33. The van der Waals surface area contributed by atoms with Crippen LogP contribution in [0.4, 0.5) is 5.69 Å². The van der Waals surface area contributed by atoms with Crippen molar-refractivity contribution < 1.29 is 14.6 Å². The number of aliphatic carboxylic acids is 1. The Kier molecular flexibility index (Phi) is 4.18. The van der Waals surface area contributed by atoms with Gasteiger partial charge in [-0.1, -0.05) is 6.07 Å². The minimum Gasteiger partial charge on any atom is -0.490 e. The van der Waals surface area contributed by atoms with Crippen molar-refractivity contribution in [1.29, 1.82) is 0 Å². The van der Waals surface area contributed by atoms with Gasteiger partial charge in [-0.3, -0.25) is 4.79 Å². The highest BCUT2D eigenvalue weighted by molar-refractivity contribution is 5.79. The lowest BCUT2D eigenvalue weighted by atomic mass is 9.98. The highest BCUT2D eigenvalue weighted by Gasteiger charge is 2.45. The Morgan fingerprint density at radius 1 is 1.50 bits per heavy atom. The van der Waals surface area contributed by atoms with Crippen molar-refractivity contribution in [3.05, 3.63) is 24.3 Å². The average Bonchev–Trinajstić information content (AvgIpc) is 2.83. The standard InChI is InChI=1S/C15H22N2O3/c1-16-15(14(18)19)8-7-13(10-15)20-12-6-4-5-11(9-12)17(2)3/h4-6,9,13,16H,7-8,10H2,1-3H3,(H,18,19). The van der Waals surface area contributed by atoms with E-state index in [0.717, 1.165) is 17.9 Å². The molecule has 1 fully saturated rings. The fourth-order valence-electron chi connectivity index (χ4n) is 2.66. The number of benzene rings is 1. The minimum atomic E-state index is -0.843. The van der Waals surface area contributed by atoms with Gasteiger partial charge in [-0.15, -0.1) is 0 Å². The zero-order valence-corrected chi connectivity index (χ0v) is 12.2. The molecule has 5 heteroatoms. The summed E-state index contributed by atoms with van der Waals surface area (Å²) in [6.07, 6.45) is 1.78. The third-order valence-corrected chi connectivity index (χ3v) is 3.99. The molecule has 0 bridgehead atoms. The first-order chi connectivity index (χ1) is 9.47. The summed E-state index contributed by atoms with van der Waals surface area (Å²) in [5, 5.41) is 12.3. The number of nitrogens with one attached hydrogen (secondary N) is 1. The number of carbonyl (C=O) groups is 1. The molecule has 110 valence electrons. The van der Waals surface area contributed by atoms with Gasteiger partial charge in [0, 0.05) is 32.3 Å². The molecule has 0 spiro atoms. The lowest BCUT2D eigenvalue weighted by Crippen LogP contribution is -2.48. The van der Waals surface area contributed by atoms with Crippen LogP contribution in [-0.4, -0.2) is 43.9 Å². The number of rotatable bonds is 5. The van der Waals surface area contributed by atoms with Crippen LogP contribution in [0.1, 0.15) is 19.3 Å². The molecule has 0 amide bonds. The van der Waals surface area contributed by atoms with Crippen molar-refractivity contribution in [1.82, 2.24) is 5.32 Å². The zero-order chi connectivity index (χ0) is 14.8. The third-order valence-electron chi connectivity index (χ3n) is 3.99. The lowest BCUT2D eigenvalue weighted by molar-refractivity contribution is -0.144. The van der Waals surface area contributed by atoms with Crippen molar-refractivity contribution in [3.63, 3.8) is 0 Å². The van der Waals surface area contributed by atoms with E-state index in [4.69, 9.17) is 4.74 Å². The Hall–Kier alpha value is -1.75. The predicted octanol–water partition coefficient (Wildman–Crippen LogP) is 1.73. The highest BCUT2D eigenvalue weighted by atomic mass is 16.5. The number of anilines is 1. The molecule has 0 saturated heterocycles. The van der Waals surface area contributed by atoms with Gasteiger partial charge in [0.15, 0.2) is 0 Å². The van der Waals surface area contributed by atoms with Crippen LogP contribution < -0.4 is 15.0 Å². The van der Waals surface area contributed by atoms with E-state index in [1.54, 1.807) is 7.05 Å². The Bertz CT molecular complexity index is 490. The first-order valence-corrected chi connectivity index (χ1v) is 6.83. The first kappa shape index (κ1) is 14.7. The van der Waals surface area contributed by atoms with Crippen LogP contribution in [0.3, 0.4) is 0 Å². The van der Waals surface area contributed by atoms with Gasteiger partial charge in [0.2, 0.25) is 0 Å². The van der Waals surface area contributed by atoms with Crippen LogP contribution in [-0.2, 0) is 4.79 Å². The van der Waals surface area contributed by atoms with Crippen molar-refractivity contribution in [2.75, 3.05) is 26.0 Å². The van der Waals surface area contributed by atoms with E-state index in [9.17, 15) is 9.90 Å². The van der Waals surface area contributed by atoms with Crippen LogP contribution in [0.15, 0.2) is 24.3 Å². The summed E-state index contributed by atoms with van der Waals surface area (Å²) in [7, 11) is 5.65. The van der Waals surface area contributed by atoms with Crippen molar-refractivity contribution in [3.8, 4) is 5.75 Å². The van der Waals surface area contributed by atoms with Gasteiger partial charge in [0.05, 0.1) is 0 Å². The van der Waals surface area contributed by atoms with Crippen LogP contribution in [0.2, 0.25) is 0 Å². The topological polar surface area (TPSA) is 61.8 Å². The second-order valence-corrected chi connectivity index (χ2v) is 5.51. The fourth-order valence-corrected chi connectivity index (χ4v) is 2.66. The molecule has 1 aromatic carbocycles. The number of nitrogens with zero attached hydrogens (tertiary/aromatic N) is 1. The van der Waals surface area contributed by atoms with Crippen LogP contribution in [0.25, 0.3) is 0 Å². The molecule has 0 radical (unpaired) electrons. The molecule has 1 aliphatic carbocycles. The maximum atomic E-state index is 11.4. The summed E-state index contributed by atoms with van der Waals surface area (Å²) in [6, 6.07) is 7.84. The molecule has 0 aliphatic heterocycles. The molecular weight excluding hydrogens is 256 g/mol. The number of ether oxygens (including phenoxy) is 1. The molecular formula is C15H22N2O3. The molecule has 1 saturated carbocycles. The molecule has 0 heterocycles. The number of carboxylic acids is 1. The third kappa shape index (κ3) is 2.88. The monoisotopic (exact) mass is 278 g/mol. The normalized spacial score (nSPS) is 25.4. The van der Waals surface area contributed by atoms with E-state index < -0.39 is 11.5 Å². The summed E-state index contributed by atoms with van der Waals surface area (Å²) < 4.78 is 5.94.